The molecular weight excluding hydrogens is 388 g/mol. The Morgan fingerprint density at radius 2 is 2.00 bits per heavy atom. The molecule has 8 nitrogen and oxygen atoms in total. The average molecular weight is 417 g/mol. The minimum atomic E-state index is -0.111. The van der Waals surface area contributed by atoms with Gasteiger partial charge in [0.15, 0.2) is 5.13 Å². The number of carbonyl (C=O) groups excluding carboxylic acids is 2. The molecule has 0 aliphatic carbocycles. The lowest BCUT2D eigenvalue weighted by molar-refractivity contribution is -0.120. The van der Waals surface area contributed by atoms with Crippen molar-refractivity contribution in [3.05, 3.63) is 35.0 Å². The van der Waals surface area contributed by atoms with E-state index in [0.29, 0.717) is 17.4 Å². The summed E-state index contributed by atoms with van der Waals surface area (Å²) in [5, 5.41) is 8.05. The highest BCUT2D eigenvalue weighted by atomic mass is 32.1. The Morgan fingerprint density at radius 1 is 1.24 bits per heavy atom. The first-order valence-electron chi connectivity index (χ1n) is 9.81. The summed E-state index contributed by atoms with van der Waals surface area (Å²) in [4.78, 5) is 37.6. The van der Waals surface area contributed by atoms with Gasteiger partial charge in [-0.15, -0.1) is 11.3 Å². The Morgan fingerprint density at radius 3 is 2.72 bits per heavy atom. The van der Waals surface area contributed by atoms with Gasteiger partial charge in [-0.25, -0.2) is 9.97 Å². The monoisotopic (exact) mass is 416 g/mol. The Bertz CT molecular complexity index is 845. The number of pyridine rings is 1. The Balaban J connectivity index is 1.54. The minimum Gasteiger partial charge on any atom is -0.354 e. The second-order valence-electron chi connectivity index (χ2n) is 7.52. The van der Waals surface area contributed by atoms with Crippen molar-refractivity contribution < 1.29 is 9.59 Å². The molecule has 0 radical (unpaired) electrons. The number of hydrogen-bond donors (Lipinski definition) is 2. The average Bonchev–Trinajstić information content (AvgIpc) is 3.14. The highest BCUT2D eigenvalue weighted by Gasteiger charge is 2.18. The number of nitrogens with zero attached hydrogens (tertiary/aromatic N) is 4. The minimum absolute atomic E-state index is 0.0802. The number of hydrogen-bond acceptors (Lipinski definition) is 7. The number of piperazine rings is 1. The lowest BCUT2D eigenvalue weighted by atomic mass is 10.2. The van der Waals surface area contributed by atoms with Crippen LogP contribution < -0.4 is 15.5 Å². The maximum atomic E-state index is 12.4. The molecule has 0 unspecified atom stereocenters. The molecule has 2 aromatic heterocycles. The van der Waals surface area contributed by atoms with Crippen molar-refractivity contribution in [2.24, 2.45) is 5.92 Å². The summed E-state index contributed by atoms with van der Waals surface area (Å²) in [6, 6.07) is 3.90. The van der Waals surface area contributed by atoms with E-state index in [1.54, 1.807) is 11.6 Å². The van der Waals surface area contributed by atoms with Gasteiger partial charge in [0.25, 0.3) is 0 Å². The first-order valence-corrected chi connectivity index (χ1v) is 10.7. The van der Waals surface area contributed by atoms with E-state index in [-0.39, 0.29) is 24.2 Å². The molecule has 0 aromatic carbocycles. The van der Waals surface area contributed by atoms with Gasteiger partial charge in [0.2, 0.25) is 11.8 Å². The van der Waals surface area contributed by atoms with Gasteiger partial charge in [-0.3, -0.25) is 9.59 Å². The van der Waals surface area contributed by atoms with Crippen LogP contribution in [0.15, 0.2) is 23.7 Å². The van der Waals surface area contributed by atoms with Crippen molar-refractivity contribution in [1.82, 2.24) is 20.2 Å². The molecule has 0 bridgehead atoms. The SMILES string of the molecule is CC(C)C(=O)Nc1nc(CC(=O)NCc2cccnc2N2CCN(C)CC2)cs1. The van der Waals surface area contributed by atoms with Gasteiger partial charge < -0.3 is 20.4 Å². The Labute approximate surface area is 175 Å². The van der Waals surface area contributed by atoms with Crippen LogP contribution in [0.3, 0.4) is 0 Å². The molecule has 156 valence electrons. The van der Waals surface area contributed by atoms with Crippen molar-refractivity contribution in [2.75, 3.05) is 43.4 Å². The van der Waals surface area contributed by atoms with E-state index in [4.69, 9.17) is 0 Å². The molecule has 1 aliphatic heterocycles. The van der Waals surface area contributed by atoms with Crippen LogP contribution in [0.25, 0.3) is 0 Å². The van der Waals surface area contributed by atoms with Gasteiger partial charge in [-0.1, -0.05) is 19.9 Å². The Kier molecular flexibility index (Phi) is 7.16. The molecule has 0 atom stereocenters. The molecule has 9 heteroatoms. The van der Waals surface area contributed by atoms with Crippen molar-refractivity contribution in [3.8, 4) is 0 Å². The zero-order valence-corrected chi connectivity index (χ0v) is 18.0. The van der Waals surface area contributed by atoms with Gasteiger partial charge in [0.05, 0.1) is 12.1 Å². The van der Waals surface area contributed by atoms with Gasteiger partial charge in [0.1, 0.15) is 5.82 Å². The van der Waals surface area contributed by atoms with E-state index in [1.807, 2.05) is 26.0 Å². The molecule has 2 amide bonds. The van der Waals surface area contributed by atoms with Crippen molar-refractivity contribution in [1.29, 1.82) is 0 Å². The number of nitrogens with one attached hydrogen (secondary N) is 2. The van der Waals surface area contributed by atoms with Crippen LogP contribution in [0.2, 0.25) is 0 Å². The summed E-state index contributed by atoms with van der Waals surface area (Å²) in [6.07, 6.45) is 1.97. The van der Waals surface area contributed by atoms with Gasteiger partial charge in [-0.05, 0) is 13.1 Å². The largest absolute Gasteiger partial charge is 0.354 e. The van der Waals surface area contributed by atoms with Crippen LogP contribution in [0.4, 0.5) is 10.9 Å². The lowest BCUT2D eigenvalue weighted by Crippen LogP contribution is -2.45. The van der Waals surface area contributed by atoms with E-state index in [0.717, 1.165) is 37.6 Å². The number of rotatable bonds is 7. The Hall–Kier alpha value is -2.52. The number of thiazole rings is 1. The third kappa shape index (κ3) is 5.98. The summed E-state index contributed by atoms with van der Waals surface area (Å²) in [7, 11) is 2.12. The smallest absolute Gasteiger partial charge is 0.228 e. The number of aromatic nitrogens is 2. The summed E-state index contributed by atoms with van der Waals surface area (Å²) in [5.41, 5.74) is 1.66. The fourth-order valence-electron chi connectivity index (χ4n) is 2.99. The molecule has 3 heterocycles. The predicted molar refractivity (Wildman–Crippen MR) is 115 cm³/mol. The van der Waals surface area contributed by atoms with E-state index >= 15 is 0 Å². The van der Waals surface area contributed by atoms with Crippen LogP contribution >= 0.6 is 11.3 Å². The van der Waals surface area contributed by atoms with Gasteiger partial charge in [-0.2, -0.15) is 0 Å². The van der Waals surface area contributed by atoms with Crippen LogP contribution in [-0.2, 0) is 22.6 Å². The predicted octanol–water partition coefficient (Wildman–Crippen LogP) is 1.74. The zero-order valence-electron chi connectivity index (χ0n) is 17.1. The van der Waals surface area contributed by atoms with Crippen molar-refractivity contribution in [3.63, 3.8) is 0 Å². The fourth-order valence-corrected chi connectivity index (χ4v) is 3.70. The topological polar surface area (TPSA) is 90.5 Å². The quantitative estimate of drug-likeness (QED) is 0.715. The van der Waals surface area contributed by atoms with E-state index < -0.39 is 0 Å². The first kappa shape index (κ1) is 21.2. The second-order valence-corrected chi connectivity index (χ2v) is 8.38. The summed E-state index contributed by atoms with van der Waals surface area (Å²) in [6.45, 7) is 7.94. The lowest BCUT2D eigenvalue weighted by Gasteiger charge is -2.34. The zero-order chi connectivity index (χ0) is 20.8. The number of carbonyl (C=O) groups is 2. The van der Waals surface area contributed by atoms with Crippen LogP contribution in [0, 0.1) is 5.92 Å². The third-order valence-electron chi connectivity index (χ3n) is 4.79. The molecule has 2 N–H and O–H groups in total. The van der Waals surface area contributed by atoms with E-state index in [9.17, 15) is 9.59 Å². The van der Waals surface area contributed by atoms with Crippen molar-refractivity contribution >= 4 is 34.1 Å². The van der Waals surface area contributed by atoms with E-state index in [1.165, 1.54) is 11.3 Å². The van der Waals surface area contributed by atoms with Gasteiger partial charge in [0, 0.05) is 55.8 Å². The normalized spacial score (nSPS) is 14.8. The molecule has 2 aromatic rings. The summed E-state index contributed by atoms with van der Waals surface area (Å²) < 4.78 is 0. The molecule has 1 fully saturated rings. The molecule has 29 heavy (non-hydrogen) atoms. The van der Waals surface area contributed by atoms with Crippen LogP contribution in [-0.4, -0.2) is 59.9 Å². The highest BCUT2D eigenvalue weighted by Crippen LogP contribution is 2.19. The van der Waals surface area contributed by atoms with Crippen molar-refractivity contribution in [2.45, 2.75) is 26.8 Å². The van der Waals surface area contributed by atoms with Crippen LogP contribution in [0.1, 0.15) is 25.1 Å². The number of anilines is 2. The fraction of sp³-hybridized carbons (Fsp3) is 0.500. The standard InChI is InChI=1S/C20H28N6O2S/c1-14(2)19(28)24-20-23-16(13-29-20)11-17(27)22-12-15-5-4-6-21-18(15)26-9-7-25(3)8-10-26/h4-6,13-14H,7-12H2,1-3H3,(H,22,27)(H,23,24,28). The molecule has 3 rings (SSSR count). The summed E-state index contributed by atoms with van der Waals surface area (Å²) >= 11 is 1.33. The highest BCUT2D eigenvalue weighted by molar-refractivity contribution is 7.13. The van der Waals surface area contributed by atoms with Crippen LogP contribution in [0.5, 0.6) is 0 Å². The first-order chi connectivity index (χ1) is 13.9. The molecule has 0 spiro atoms. The molecule has 1 saturated heterocycles. The molecular formula is C20H28N6O2S. The molecule has 0 saturated carbocycles. The van der Waals surface area contributed by atoms with E-state index in [2.05, 4.69) is 37.4 Å². The third-order valence-corrected chi connectivity index (χ3v) is 5.60. The maximum Gasteiger partial charge on any atom is 0.228 e. The molecule has 1 aliphatic rings. The van der Waals surface area contributed by atoms with Gasteiger partial charge >= 0.3 is 0 Å². The summed E-state index contributed by atoms with van der Waals surface area (Å²) in [5.74, 6) is 0.640. The number of amides is 2. The second kappa shape index (κ2) is 9.80. The number of likely N-dealkylation sites (N-methyl/N-ethyl adjacent to an activating group) is 1. The maximum absolute atomic E-state index is 12.4.